The van der Waals surface area contributed by atoms with E-state index in [4.69, 9.17) is 9.47 Å². The lowest BCUT2D eigenvalue weighted by Crippen LogP contribution is -2.25. The van der Waals surface area contributed by atoms with Crippen LogP contribution in [0.5, 0.6) is 11.5 Å². The second kappa shape index (κ2) is 7.55. The van der Waals surface area contributed by atoms with Gasteiger partial charge in [0.15, 0.2) is 0 Å². The number of benzene rings is 2. The molecule has 0 aliphatic heterocycles. The zero-order valence-corrected chi connectivity index (χ0v) is 14.3. The fourth-order valence-electron chi connectivity index (χ4n) is 2.75. The molecule has 1 aromatic heterocycles. The number of aliphatic hydroxyl groups excluding tert-OH is 2. The molecular weight excluding hydrogens is 320 g/mol. The van der Waals surface area contributed by atoms with Gasteiger partial charge in [-0.3, -0.25) is 0 Å². The monoisotopic (exact) mass is 342 g/mol. The van der Waals surface area contributed by atoms with E-state index in [-0.39, 0.29) is 13.2 Å². The van der Waals surface area contributed by atoms with Gasteiger partial charge in [0, 0.05) is 6.07 Å². The van der Waals surface area contributed by atoms with Gasteiger partial charge in [-0.2, -0.15) is 0 Å². The number of aliphatic hydroxyl groups is 2. The lowest BCUT2D eigenvalue weighted by atomic mass is 10.3. The summed E-state index contributed by atoms with van der Waals surface area (Å²) in [7, 11) is 1.59. The molecule has 0 saturated heterocycles. The molecule has 0 bridgehead atoms. The molecule has 0 spiro atoms. The fraction of sp³-hybridized carbons (Fsp3) is 0.316. The summed E-state index contributed by atoms with van der Waals surface area (Å²) < 4.78 is 12.6. The van der Waals surface area contributed by atoms with Crippen LogP contribution >= 0.6 is 0 Å². The van der Waals surface area contributed by atoms with Crippen LogP contribution in [0.4, 0.5) is 0 Å². The van der Waals surface area contributed by atoms with Crippen LogP contribution in [-0.2, 0) is 6.54 Å². The van der Waals surface area contributed by atoms with Gasteiger partial charge in [-0.15, -0.1) is 0 Å². The number of ether oxygens (including phenoxy) is 2. The predicted molar refractivity (Wildman–Crippen MR) is 94.9 cm³/mol. The molecule has 25 heavy (non-hydrogen) atoms. The van der Waals surface area contributed by atoms with Crippen molar-refractivity contribution in [2.75, 3.05) is 13.7 Å². The SMILES string of the molecule is COc1cccc(OC[C@H](O)Cn2c([C@H](C)O)nc3ccccc32)c1. The van der Waals surface area contributed by atoms with Crippen molar-refractivity contribution in [3.63, 3.8) is 0 Å². The second-order valence-corrected chi connectivity index (χ2v) is 5.89. The van der Waals surface area contributed by atoms with Crippen LogP contribution in [-0.4, -0.2) is 39.6 Å². The Bertz CT molecular complexity index is 844. The molecule has 6 nitrogen and oxygen atoms in total. The summed E-state index contributed by atoms with van der Waals surface area (Å²) >= 11 is 0. The highest BCUT2D eigenvalue weighted by Crippen LogP contribution is 2.22. The average Bonchev–Trinajstić information content (AvgIpc) is 2.99. The van der Waals surface area contributed by atoms with E-state index < -0.39 is 12.2 Å². The summed E-state index contributed by atoms with van der Waals surface area (Å²) in [6.45, 7) is 2.07. The highest BCUT2D eigenvalue weighted by molar-refractivity contribution is 5.76. The number of para-hydroxylation sites is 2. The molecule has 0 radical (unpaired) electrons. The van der Waals surface area contributed by atoms with Crippen molar-refractivity contribution in [3.05, 3.63) is 54.4 Å². The van der Waals surface area contributed by atoms with E-state index >= 15 is 0 Å². The van der Waals surface area contributed by atoms with Gasteiger partial charge in [0.2, 0.25) is 0 Å². The smallest absolute Gasteiger partial charge is 0.138 e. The Morgan fingerprint density at radius 3 is 2.60 bits per heavy atom. The largest absolute Gasteiger partial charge is 0.497 e. The normalized spacial score (nSPS) is 13.6. The first-order chi connectivity index (χ1) is 12.1. The highest BCUT2D eigenvalue weighted by atomic mass is 16.5. The van der Waals surface area contributed by atoms with Gasteiger partial charge in [0.05, 0.1) is 24.7 Å². The van der Waals surface area contributed by atoms with Gasteiger partial charge in [-0.1, -0.05) is 18.2 Å². The third-order valence-electron chi connectivity index (χ3n) is 3.93. The summed E-state index contributed by atoms with van der Waals surface area (Å²) in [5.41, 5.74) is 1.66. The Balaban J connectivity index is 1.73. The highest BCUT2D eigenvalue weighted by Gasteiger charge is 2.17. The molecule has 0 aliphatic carbocycles. The van der Waals surface area contributed by atoms with E-state index in [0.29, 0.717) is 17.3 Å². The number of fused-ring (bicyclic) bond motifs is 1. The quantitative estimate of drug-likeness (QED) is 0.690. The molecule has 0 saturated carbocycles. The van der Waals surface area contributed by atoms with Gasteiger partial charge in [-0.05, 0) is 31.2 Å². The van der Waals surface area contributed by atoms with E-state index in [1.54, 1.807) is 20.1 Å². The molecule has 0 fully saturated rings. The van der Waals surface area contributed by atoms with Crippen molar-refractivity contribution in [2.24, 2.45) is 0 Å². The van der Waals surface area contributed by atoms with Crippen LogP contribution in [0, 0.1) is 0 Å². The Morgan fingerprint density at radius 2 is 1.84 bits per heavy atom. The van der Waals surface area contributed by atoms with E-state index in [0.717, 1.165) is 11.0 Å². The molecule has 2 aromatic carbocycles. The van der Waals surface area contributed by atoms with E-state index in [1.165, 1.54) is 0 Å². The third-order valence-corrected chi connectivity index (χ3v) is 3.93. The number of nitrogens with zero attached hydrogens (tertiary/aromatic N) is 2. The molecular formula is C19H22N2O4. The van der Waals surface area contributed by atoms with Gasteiger partial charge in [0.1, 0.15) is 36.1 Å². The number of rotatable bonds is 7. The second-order valence-electron chi connectivity index (χ2n) is 5.89. The van der Waals surface area contributed by atoms with Crippen molar-refractivity contribution in [1.29, 1.82) is 0 Å². The first-order valence-electron chi connectivity index (χ1n) is 8.16. The van der Waals surface area contributed by atoms with E-state index in [9.17, 15) is 10.2 Å². The zero-order chi connectivity index (χ0) is 17.8. The summed E-state index contributed by atoms with van der Waals surface area (Å²) in [5.74, 6) is 1.86. The van der Waals surface area contributed by atoms with Crippen molar-refractivity contribution in [2.45, 2.75) is 25.7 Å². The fourth-order valence-corrected chi connectivity index (χ4v) is 2.75. The Morgan fingerprint density at radius 1 is 1.08 bits per heavy atom. The third kappa shape index (κ3) is 3.92. The van der Waals surface area contributed by atoms with Gasteiger partial charge in [-0.25, -0.2) is 4.98 Å². The van der Waals surface area contributed by atoms with Gasteiger partial charge < -0.3 is 24.3 Å². The summed E-state index contributed by atoms with van der Waals surface area (Å²) in [5, 5.41) is 20.4. The summed E-state index contributed by atoms with van der Waals surface area (Å²) in [6.07, 6.45) is -1.47. The minimum absolute atomic E-state index is 0.124. The van der Waals surface area contributed by atoms with Crippen LogP contribution < -0.4 is 9.47 Å². The van der Waals surface area contributed by atoms with Gasteiger partial charge >= 0.3 is 0 Å². The molecule has 6 heteroatoms. The van der Waals surface area contributed by atoms with Crippen molar-refractivity contribution < 1.29 is 19.7 Å². The average molecular weight is 342 g/mol. The van der Waals surface area contributed by atoms with Crippen LogP contribution in [0.1, 0.15) is 18.9 Å². The molecule has 132 valence electrons. The maximum absolute atomic E-state index is 10.4. The van der Waals surface area contributed by atoms with Crippen LogP contribution in [0.2, 0.25) is 0 Å². The minimum Gasteiger partial charge on any atom is -0.497 e. The standard InChI is InChI=1S/C19H22N2O4/c1-13(22)19-20-17-8-3-4-9-18(17)21(19)11-14(23)12-25-16-7-5-6-15(10-16)24-2/h3-10,13-14,22-23H,11-12H2,1-2H3/t13-,14+/m0/s1. The first kappa shape index (κ1) is 17.3. The number of methoxy groups -OCH3 is 1. The van der Waals surface area contributed by atoms with Gasteiger partial charge in [0.25, 0.3) is 0 Å². The van der Waals surface area contributed by atoms with Crippen LogP contribution in [0.3, 0.4) is 0 Å². The molecule has 1 heterocycles. The maximum Gasteiger partial charge on any atom is 0.138 e. The molecule has 0 amide bonds. The van der Waals surface area contributed by atoms with Crippen LogP contribution in [0.25, 0.3) is 11.0 Å². The number of hydrogen-bond donors (Lipinski definition) is 2. The predicted octanol–water partition coefficient (Wildman–Crippen LogP) is 2.54. The molecule has 0 unspecified atom stereocenters. The summed E-state index contributed by atoms with van der Waals surface area (Å²) in [4.78, 5) is 4.45. The minimum atomic E-state index is -0.749. The van der Waals surface area contributed by atoms with Crippen molar-refractivity contribution >= 4 is 11.0 Å². The van der Waals surface area contributed by atoms with Crippen molar-refractivity contribution in [1.82, 2.24) is 9.55 Å². The number of hydrogen-bond acceptors (Lipinski definition) is 5. The Kier molecular flexibility index (Phi) is 5.21. The number of aromatic nitrogens is 2. The molecule has 3 rings (SSSR count). The Labute approximate surface area is 146 Å². The lowest BCUT2D eigenvalue weighted by Gasteiger charge is -2.16. The van der Waals surface area contributed by atoms with E-state index in [2.05, 4.69) is 4.98 Å². The molecule has 0 aliphatic rings. The topological polar surface area (TPSA) is 76.7 Å². The first-order valence-corrected chi connectivity index (χ1v) is 8.16. The van der Waals surface area contributed by atoms with Crippen molar-refractivity contribution in [3.8, 4) is 11.5 Å². The summed E-state index contributed by atoms with van der Waals surface area (Å²) in [6, 6.07) is 14.8. The lowest BCUT2D eigenvalue weighted by molar-refractivity contribution is 0.0894. The molecule has 2 N–H and O–H groups in total. The molecule has 2 atom stereocenters. The number of imidazole rings is 1. The van der Waals surface area contributed by atoms with Crippen LogP contribution in [0.15, 0.2) is 48.5 Å². The zero-order valence-electron chi connectivity index (χ0n) is 14.3. The Hall–Kier alpha value is -2.57. The molecule has 3 aromatic rings. The van der Waals surface area contributed by atoms with E-state index in [1.807, 2.05) is 47.0 Å². The maximum atomic E-state index is 10.4.